The number of nitrogens with two attached hydrogens (primary N) is 1. The van der Waals surface area contributed by atoms with E-state index in [1.54, 1.807) is 0 Å². The highest BCUT2D eigenvalue weighted by molar-refractivity contribution is 5.91. The number of rotatable bonds is 4. The second kappa shape index (κ2) is 5.66. The van der Waals surface area contributed by atoms with Gasteiger partial charge in [0, 0.05) is 12.1 Å². The molecule has 1 aromatic rings. The fourth-order valence-electron chi connectivity index (χ4n) is 1.57. The van der Waals surface area contributed by atoms with Crippen LogP contribution >= 0.6 is 0 Å². The maximum atomic E-state index is 11.6. The Morgan fingerprint density at radius 1 is 1.25 bits per heavy atom. The first-order valence-electron chi connectivity index (χ1n) is 5.63. The number of hydrogen-bond donors (Lipinski definition) is 2. The first-order chi connectivity index (χ1) is 7.56. The highest BCUT2D eigenvalue weighted by Crippen LogP contribution is 2.21. The van der Waals surface area contributed by atoms with Gasteiger partial charge in [-0.15, -0.1) is 0 Å². The van der Waals surface area contributed by atoms with Crippen molar-refractivity contribution in [2.75, 3.05) is 11.9 Å². The van der Waals surface area contributed by atoms with Crippen molar-refractivity contribution in [3.8, 4) is 0 Å². The van der Waals surface area contributed by atoms with Crippen LogP contribution in [0.4, 0.5) is 5.69 Å². The minimum absolute atomic E-state index is 0.0387. The van der Waals surface area contributed by atoms with Gasteiger partial charge in [-0.2, -0.15) is 0 Å². The predicted octanol–water partition coefficient (Wildman–Crippen LogP) is 2.29. The molecule has 3 heteroatoms. The number of nitrogens with one attached hydrogen (secondary N) is 1. The van der Waals surface area contributed by atoms with Gasteiger partial charge in [0.1, 0.15) is 0 Å². The summed E-state index contributed by atoms with van der Waals surface area (Å²) in [5.41, 5.74) is 9.89. The van der Waals surface area contributed by atoms with Crippen LogP contribution in [0.1, 0.15) is 29.5 Å². The predicted molar refractivity (Wildman–Crippen MR) is 67.6 cm³/mol. The molecule has 0 bridgehead atoms. The molecule has 0 heterocycles. The first kappa shape index (κ1) is 12.7. The van der Waals surface area contributed by atoms with Gasteiger partial charge in [0.25, 0.3) is 0 Å². The van der Waals surface area contributed by atoms with Gasteiger partial charge in [0.2, 0.25) is 5.91 Å². The van der Waals surface area contributed by atoms with Crippen LogP contribution in [0, 0.1) is 20.8 Å². The minimum atomic E-state index is 0.0387. The molecule has 3 nitrogen and oxygen atoms in total. The molecule has 0 saturated heterocycles. The van der Waals surface area contributed by atoms with E-state index in [9.17, 15) is 4.79 Å². The van der Waals surface area contributed by atoms with Gasteiger partial charge >= 0.3 is 0 Å². The summed E-state index contributed by atoms with van der Waals surface area (Å²) in [5.74, 6) is 0.0387. The highest BCUT2D eigenvalue weighted by atomic mass is 16.1. The highest BCUT2D eigenvalue weighted by Gasteiger charge is 2.06. The van der Waals surface area contributed by atoms with Crippen LogP contribution in [-0.2, 0) is 4.79 Å². The summed E-state index contributed by atoms with van der Waals surface area (Å²) in [6.45, 7) is 6.72. The van der Waals surface area contributed by atoms with Crippen LogP contribution in [-0.4, -0.2) is 12.5 Å². The summed E-state index contributed by atoms with van der Waals surface area (Å²) < 4.78 is 0. The molecule has 0 atom stereocenters. The van der Waals surface area contributed by atoms with Crippen molar-refractivity contribution in [2.24, 2.45) is 5.73 Å². The van der Waals surface area contributed by atoms with Crippen LogP contribution < -0.4 is 11.1 Å². The summed E-state index contributed by atoms with van der Waals surface area (Å²) in [6, 6.07) is 3.99. The van der Waals surface area contributed by atoms with E-state index >= 15 is 0 Å². The number of benzene rings is 1. The van der Waals surface area contributed by atoms with E-state index < -0.39 is 0 Å². The topological polar surface area (TPSA) is 55.1 Å². The van der Waals surface area contributed by atoms with Crippen LogP contribution in [0.3, 0.4) is 0 Å². The van der Waals surface area contributed by atoms with Crippen molar-refractivity contribution in [3.05, 3.63) is 28.8 Å². The van der Waals surface area contributed by atoms with Gasteiger partial charge < -0.3 is 11.1 Å². The fourth-order valence-corrected chi connectivity index (χ4v) is 1.57. The lowest BCUT2D eigenvalue weighted by atomic mass is 10.0. The third-order valence-corrected chi connectivity index (χ3v) is 2.94. The lowest BCUT2D eigenvalue weighted by Crippen LogP contribution is -2.14. The number of carbonyl (C=O) groups is 1. The molecule has 1 rings (SSSR count). The van der Waals surface area contributed by atoms with Crippen LogP contribution in [0.15, 0.2) is 12.1 Å². The fraction of sp³-hybridized carbons (Fsp3) is 0.462. The Morgan fingerprint density at radius 3 is 2.56 bits per heavy atom. The van der Waals surface area contributed by atoms with Crippen molar-refractivity contribution < 1.29 is 4.79 Å². The van der Waals surface area contributed by atoms with Gasteiger partial charge in [-0.3, -0.25) is 4.79 Å². The zero-order chi connectivity index (χ0) is 12.1. The van der Waals surface area contributed by atoms with Gasteiger partial charge in [-0.05, 0) is 56.5 Å². The average molecular weight is 220 g/mol. The van der Waals surface area contributed by atoms with Gasteiger partial charge in [-0.1, -0.05) is 6.07 Å². The van der Waals surface area contributed by atoms with E-state index in [-0.39, 0.29) is 5.91 Å². The SMILES string of the molecule is Cc1ccc(NC(=O)CCCN)c(C)c1C. The molecule has 0 aliphatic heterocycles. The monoisotopic (exact) mass is 220 g/mol. The van der Waals surface area contributed by atoms with Crippen LogP contribution in [0.5, 0.6) is 0 Å². The molecule has 88 valence electrons. The molecule has 0 saturated carbocycles. The second-order valence-corrected chi connectivity index (χ2v) is 4.12. The lowest BCUT2D eigenvalue weighted by molar-refractivity contribution is -0.116. The molecule has 0 unspecified atom stereocenters. The van der Waals surface area contributed by atoms with Crippen molar-refractivity contribution >= 4 is 11.6 Å². The third-order valence-electron chi connectivity index (χ3n) is 2.94. The molecule has 0 fully saturated rings. The minimum Gasteiger partial charge on any atom is -0.330 e. The van der Waals surface area contributed by atoms with Gasteiger partial charge in [0.05, 0.1) is 0 Å². The molecule has 1 amide bonds. The third kappa shape index (κ3) is 3.07. The Labute approximate surface area is 97.0 Å². The maximum absolute atomic E-state index is 11.6. The van der Waals surface area contributed by atoms with Crippen LogP contribution in [0.25, 0.3) is 0 Å². The van der Waals surface area contributed by atoms with Gasteiger partial charge in [0.15, 0.2) is 0 Å². The van der Waals surface area contributed by atoms with Crippen molar-refractivity contribution in [2.45, 2.75) is 33.6 Å². The molecule has 0 radical (unpaired) electrons. The summed E-state index contributed by atoms with van der Waals surface area (Å²) in [7, 11) is 0. The number of anilines is 1. The summed E-state index contributed by atoms with van der Waals surface area (Å²) in [4.78, 5) is 11.6. The Kier molecular flexibility index (Phi) is 4.50. The zero-order valence-electron chi connectivity index (χ0n) is 10.3. The Hall–Kier alpha value is -1.35. The normalized spacial score (nSPS) is 10.2. The molecule has 1 aromatic carbocycles. The molecule has 16 heavy (non-hydrogen) atoms. The smallest absolute Gasteiger partial charge is 0.224 e. The van der Waals surface area contributed by atoms with E-state index in [0.717, 1.165) is 17.7 Å². The summed E-state index contributed by atoms with van der Waals surface area (Å²) >= 11 is 0. The number of hydrogen-bond acceptors (Lipinski definition) is 2. The molecule has 0 aliphatic carbocycles. The maximum Gasteiger partial charge on any atom is 0.224 e. The van der Waals surface area contributed by atoms with Crippen molar-refractivity contribution in [1.82, 2.24) is 0 Å². The van der Waals surface area contributed by atoms with E-state index in [2.05, 4.69) is 19.2 Å². The molecule has 0 aliphatic rings. The van der Waals surface area contributed by atoms with Crippen molar-refractivity contribution in [1.29, 1.82) is 0 Å². The van der Waals surface area contributed by atoms with E-state index in [0.29, 0.717) is 13.0 Å². The standard InChI is InChI=1S/C13H20N2O/c1-9-6-7-12(11(3)10(9)2)15-13(16)5-4-8-14/h6-7H,4-5,8,14H2,1-3H3,(H,15,16). The number of carbonyl (C=O) groups excluding carboxylic acids is 1. The Balaban J connectivity index is 2.74. The molecule has 0 spiro atoms. The summed E-state index contributed by atoms with van der Waals surface area (Å²) in [6.07, 6.45) is 1.22. The molecule has 3 N–H and O–H groups in total. The second-order valence-electron chi connectivity index (χ2n) is 4.12. The van der Waals surface area contributed by atoms with Gasteiger partial charge in [-0.25, -0.2) is 0 Å². The molecule has 0 aromatic heterocycles. The lowest BCUT2D eigenvalue weighted by Gasteiger charge is -2.12. The largest absolute Gasteiger partial charge is 0.330 e. The van der Waals surface area contributed by atoms with Crippen LogP contribution in [0.2, 0.25) is 0 Å². The quantitative estimate of drug-likeness (QED) is 0.818. The summed E-state index contributed by atoms with van der Waals surface area (Å²) in [5, 5.41) is 2.92. The van der Waals surface area contributed by atoms with E-state index in [1.165, 1.54) is 11.1 Å². The first-order valence-corrected chi connectivity index (χ1v) is 5.63. The zero-order valence-corrected chi connectivity index (χ0v) is 10.3. The average Bonchev–Trinajstić information content (AvgIpc) is 2.27. The molecular formula is C13H20N2O. The Bertz CT molecular complexity index is 386. The van der Waals surface area contributed by atoms with E-state index in [4.69, 9.17) is 5.73 Å². The molecular weight excluding hydrogens is 200 g/mol. The van der Waals surface area contributed by atoms with Crippen molar-refractivity contribution in [3.63, 3.8) is 0 Å². The van der Waals surface area contributed by atoms with E-state index in [1.807, 2.05) is 19.1 Å². The number of amides is 1. The Morgan fingerprint density at radius 2 is 1.94 bits per heavy atom. The number of aryl methyl sites for hydroxylation is 1.